The third-order valence-electron chi connectivity index (χ3n) is 6.04. The van der Waals surface area contributed by atoms with Crippen LogP contribution in [0.1, 0.15) is 41.3 Å². The summed E-state index contributed by atoms with van der Waals surface area (Å²) in [6.45, 7) is -0.634. The van der Waals surface area contributed by atoms with Crippen LogP contribution in [0.15, 0.2) is 36.4 Å². The van der Waals surface area contributed by atoms with Crippen molar-refractivity contribution in [3.8, 4) is 0 Å². The van der Waals surface area contributed by atoms with Crippen molar-refractivity contribution in [2.24, 2.45) is 5.73 Å². The molecule has 0 fully saturated rings. The Morgan fingerprint density at radius 1 is 1.03 bits per heavy atom. The zero-order valence-corrected chi connectivity index (χ0v) is 18.9. The summed E-state index contributed by atoms with van der Waals surface area (Å²) >= 11 is 0. The topological polar surface area (TPSA) is 97.3 Å². The minimum atomic E-state index is -4.85. The van der Waals surface area contributed by atoms with Crippen molar-refractivity contribution in [3.05, 3.63) is 82.4 Å². The molecule has 0 bridgehead atoms. The fourth-order valence-corrected chi connectivity index (χ4v) is 4.30. The SMILES string of the molecule is N[C@@H](CC(=O)N1CCn2c(nnc2C(F)(F)F)[C@@H]1[C@H](O)c1ccc(F)cc1)Cc1cc(F)c(F)cc1F. The van der Waals surface area contributed by atoms with Crippen LogP contribution < -0.4 is 5.73 Å². The maximum atomic E-state index is 14.0. The molecule has 3 aromatic rings. The maximum Gasteiger partial charge on any atom is 0.451 e. The summed E-state index contributed by atoms with van der Waals surface area (Å²) in [7, 11) is 0. The number of hydrogen-bond donors (Lipinski definition) is 2. The van der Waals surface area contributed by atoms with Crippen molar-refractivity contribution >= 4 is 5.91 Å². The van der Waals surface area contributed by atoms with E-state index in [1.54, 1.807) is 0 Å². The monoisotopic (exact) mass is 531 g/mol. The molecule has 4 rings (SSSR count). The number of carbonyl (C=O) groups is 1. The molecule has 1 aliphatic rings. The number of carbonyl (C=O) groups excluding carboxylic acids is 1. The first-order chi connectivity index (χ1) is 17.4. The molecule has 7 nitrogen and oxygen atoms in total. The smallest absolute Gasteiger partial charge is 0.386 e. The molecule has 0 radical (unpaired) electrons. The Labute approximate surface area is 205 Å². The van der Waals surface area contributed by atoms with Crippen molar-refractivity contribution in [2.45, 2.75) is 43.8 Å². The summed E-state index contributed by atoms with van der Waals surface area (Å²) in [5.41, 5.74) is 5.79. The van der Waals surface area contributed by atoms with Gasteiger partial charge in [0.05, 0.1) is 0 Å². The summed E-state index contributed by atoms with van der Waals surface area (Å²) in [6.07, 6.45) is -7.28. The quantitative estimate of drug-likeness (QED) is 0.376. The summed E-state index contributed by atoms with van der Waals surface area (Å²) in [4.78, 5) is 14.3. The van der Waals surface area contributed by atoms with Crippen LogP contribution in [0, 0.1) is 23.3 Å². The summed E-state index contributed by atoms with van der Waals surface area (Å²) in [6, 6.07) is 2.93. The van der Waals surface area contributed by atoms with Crippen LogP contribution >= 0.6 is 0 Å². The van der Waals surface area contributed by atoms with E-state index >= 15 is 0 Å². The Bertz CT molecular complexity index is 1300. The van der Waals surface area contributed by atoms with Crippen molar-refractivity contribution in [1.82, 2.24) is 19.7 Å². The van der Waals surface area contributed by atoms with Gasteiger partial charge in [-0.05, 0) is 35.7 Å². The van der Waals surface area contributed by atoms with E-state index in [1.165, 1.54) is 12.1 Å². The first-order valence-corrected chi connectivity index (χ1v) is 11.0. The summed E-state index contributed by atoms with van der Waals surface area (Å²) in [5.74, 6) is -6.74. The van der Waals surface area contributed by atoms with E-state index < -0.39 is 65.8 Å². The number of alkyl halides is 3. The largest absolute Gasteiger partial charge is 0.451 e. The molecule has 0 spiro atoms. The predicted octanol–water partition coefficient (Wildman–Crippen LogP) is 3.43. The molecule has 3 N–H and O–H groups in total. The Hall–Kier alpha value is -3.52. The number of amides is 1. The first-order valence-electron chi connectivity index (χ1n) is 11.0. The van der Waals surface area contributed by atoms with Gasteiger partial charge in [-0.15, -0.1) is 10.2 Å². The van der Waals surface area contributed by atoms with Gasteiger partial charge in [0.25, 0.3) is 0 Å². The molecule has 2 heterocycles. The molecule has 3 atom stereocenters. The van der Waals surface area contributed by atoms with Crippen LogP contribution in [-0.4, -0.2) is 43.3 Å². The minimum absolute atomic E-state index is 0.0994. The fraction of sp³-hybridized carbons (Fsp3) is 0.348. The highest BCUT2D eigenvalue weighted by molar-refractivity contribution is 5.77. The molecular formula is C23H20F7N5O2. The van der Waals surface area contributed by atoms with E-state index in [0.717, 1.165) is 21.6 Å². The fourth-order valence-electron chi connectivity index (χ4n) is 4.30. The van der Waals surface area contributed by atoms with Crippen LogP contribution in [0.2, 0.25) is 0 Å². The van der Waals surface area contributed by atoms with E-state index in [4.69, 9.17) is 5.73 Å². The number of aromatic nitrogens is 3. The van der Waals surface area contributed by atoms with Crippen LogP contribution in [0.25, 0.3) is 0 Å². The number of fused-ring (bicyclic) bond motifs is 1. The summed E-state index contributed by atoms with van der Waals surface area (Å²) < 4.78 is 95.1. The zero-order valence-electron chi connectivity index (χ0n) is 18.9. The Kier molecular flexibility index (Phi) is 7.24. The van der Waals surface area contributed by atoms with Gasteiger partial charge in [-0.3, -0.25) is 4.79 Å². The highest BCUT2D eigenvalue weighted by Crippen LogP contribution is 2.39. The van der Waals surface area contributed by atoms with E-state index in [0.29, 0.717) is 12.1 Å². The molecule has 198 valence electrons. The third-order valence-corrected chi connectivity index (χ3v) is 6.04. The van der Waals surface area contributed by atoms with Gasteiger partial charge in [0.1, 0.15) is 23.8 Å². The lowest BCUT2D eigenvalue weighted by molar-refractivity contribution is -0.149. The van der Waals surface area contributed by atoms with E-state index in [-0.39, 0.29) is 36.5 Å². The molecule has 0 unspecified atom stereocenters. The number of aliphatic hydroxyl groups is 1. The number of aliphatic hydroxyl groups excluding tert-OH is 1. The first kappa shape index (κ1) is 26.5. The average Bonchev–Trinajstić information content (AvgIpc) is 3.27. The van der Waals surface area contributed by atoms with Gasteiger partial charge < -0.3 is 20.3 Å². The molecule has 0 saturated carbocycles. The second-order valence-electron chi connectivity index (χ2n) is 8.59. The van der Waals surface area contributed by atoms with Crippen LogP contribution in [0.3, 0.4) is 0 Å². The average molecular weight is 531 g/mol. The van der Waals surface area contributed by atoms with Crippen LogP contribution in [0.5, 0.6) is 0 Å². The van der Waals surface area contributed by atoms with Crippen LogP contribution in [-0.2, 0) is 23.9 Å². The number of nitrogens with two attached hydrogens (primary N) is 1. The van der Waals surface area contributed by atoms with Crippen molar-refractivity contribution in [2.75, 3.05) is 6.54 Å². The maximum absolute atomic E-state index is 14.0. The lowest BCUT2D eigenvalue weighted by atomic mass is 9.97. The highest BCUT2D eigenvalue weighted by Gasteiger charge is 2.45. The molecule has 0 saturated heterocycles. The third kappa shape index (κ3) is 5.44. The van der Waals surface area contributed by atoms with Gasteiger partial charge in [0.2, 0.25) is 11.7 Å². The van der Waals surface area contributed by atoms with Gasteiger partial charge in [-0.2, -0.15) is 13.2 Å². The highest BCUT2D eigenvalue weighted by atomic mass is 19.4. The Balaban J connectivity index is 1.62. The van der Waals surface area contributed by atoms with Crippen molar-refractivity contribution in [1.29, 1.82) is 0 Å². The standard InChI is InChI=1S/C23H20F7N5O2/c24-13-3-1-11(2-4-13)20(37)19-21-32-33-22(23(28,29)30)35(21)6-5-34(19)18(36)9-14(31)7-12-8-16(26)17(27)10-15(12)25/h1-4,8,10,14,19-20,37H,5-7,9,31H2/t14-,19+,20-/m1/s1. The minimum Gasteiger partial charge on any atom is -0.386 e. The van der Waals surface area contributed by atoms with E-state index in [2.05, 4.69) is 10.2 Å². The lowest BCUT2D eigenvalue weighted by Gasteiger charge is -2.39. The van der Waals surface area contributed by atoms with Gasteiger partial charge in [0.15, 0.2) is 17.5 Å². The molecular weight excluding hydrogens is 511 g/mol. The number of nitrogens with zero attached hydrogens (tertiary/aromatic N) is 4. The van der Waals surface area contributed by atoms with Crippen LogP contribution in [0.4, 0.5) is 30.7 Å². The van der Waals surface area contributed by atoms with Gasteiger partial charge in [-0.25, -0.2) is 17.6 Å². The number of hydrogen-bond acceptors (Lipinski definition) is 5. The molecule has 1 aliphatic heterocycles. The molecule has 1 amide bonds. The second-order valence-corrected chi connectivity index (χ2v) is 8.59. The normalized spacial score (nSPS) is 17.4. The number of benzene rings is 2. The van der Waals surface area contributed by atoms with Crippen molar-refractivity contribution < 1.29 is 40.6 Å². The Morgan fingerprint density at radius 3 is 2.32 bits per heavy atom. The predicted molar refractivity (Wildman–Crippen MR) is 113 cm³/mol. The molecule has 14 heteroatoms. The lowest BCUT2D eigenvalue weighted by Crippen LogP contribution is -2.47. The number of rotatable bonds is 6. The molecule has 2 aromatic carbocycles. The molecule has 37 heavy (non-hydrogen) atoms. The van der Waals surface area contributed by atoms with E-state index in [1.807, 2.05) is 0 Å². The van der Waals surface area contributed by atoms with E-state index in [9.17, 15) is 40.6 Å². The van der Waals surface area contributed by atoms with Gasteiger partial charge in [-0.1, -0.05) is 12.1 Å². The van der Waals surface area contributed by atoms with Gasteiger partial charge >= 0.3 is 6.18 Å². The number of halogens is 7. The summed E-state index contributed by atoms with van der Waals surface area (Å²) in [5, 5.41) is 17.8. The molecule has 0 aliphatic carbocycles. The Morgan fingerprint density at radius 2 is 1.68 bits per heavy atom. The second kappa shape index (κ2) is 10.1. The molecule has 1 aromatic heterocycles. The van der Waals surface area contributed by atoms with Gasteiger partial charge in [0, 0.05) is 31.6 Å². The van der Waals surface area contributed by atoms with Crippen molar-refractivity contribution in [3.63, 3.8) is 0 Å². The zero-order chi connectivity index (χ0) is 27.1.